The van der Waals surface area contributed by atoms with E-state index in [0.717, 1.165) is 37.9 Å². The Morgan fingerprint density at radius 2 is 2.22 bits per heavy atom. The lowest BCUT2D eigenvalue weighted by Crippen LogP contribution is -2.50. The molecule has 2 atom stereocenters. The van der Waals surface area contributed by atoms with Crippen molar-refractivity contribution in [2.45, 2.75) is 45.3 Å². The van der Waals surface area contributed by atoms with Gasteiger partial charge in [-0.05, 0) is 38.7 Å². The number of carbonyl (C=O) groups is 2. The number of primary amides is 1. The zero-order valence-corrected chi connectivity index (χ0v) is 14.4. The summed E-state index contributed by atoms with van der Waals surface area (Å²) in [6, 6.07) is -0.265. The number of hydrogen-bond acceptors (Lipinski definition) is 5. The lowest BCUT2D eigenvalue weighted by Gasteiger charge is -2.34. The summed E-state index contributed by atoms with van der Waals surface area (Å²) in [6.07, 6.45) is 3.02. The Morgan fingerprint density at radius 1 is 1.43 bits per heavy atom. The molecule has 3 N–H and O–H groups in total. The quantitative estimate of drug-likeness (QED) is 0.869. The van der Waals surface area contributed by atoms with Crippen LogP contribution in [0.1, 0.15) is 41.1 Å². The number of thiophene rings is 1. The van der Waals surface area contributed by atoms with Gasteiger partial charge in [-0.2, -0.15) is 0 Å². The number of anilines is 1. The molecule has 7 heteroatoms. The van der Waals surface area contributed by atoms with Gasteiger partial charge in [0, 0.05) is 18.0 Å². The standard InChI is InChI=1S/C16H23N3O3S/c1-9-8-19(6-7-22-9)10(2)15(21)18-16-13(14(17)20)11-4-3-5-12(11)23-16/h9-10H,3-8H2,1-2H3,(H2,17,20)(H,18,21)/t9-,10+/m0/s1. The number of morpholine rings is 1. The van der Waals surface area contributed by atoms with Crippen molar-refractivity contribution in [2.75, 3.05) is 25.0 Å². The smallest absolute Gasteiger partial charge is 0.251 e. The molecular weight excluding hydrogens is 314 g/mol. The van der Waals surface area contributed by atoms with Gasteiger partial charge in [-0.1, -0.05) is 0 Å². The number of ether oxygens (including phenoxy) is 1. The molecule has 1 aliphatic heterocycles. The molecule has 0 aromatic carbocycles. The van der Waals surface area contributed by atoms with E-state index in [9.17, 15) is 9.59 Å². The maximum atomic E-state index is 12.6. The fraction of sp³-hybridized carbons (Fsp3) is 0.625. The SMILES string of the molecule is C[C@H](C(=O)Nc1sc2c(c1C(N)=O)CCC2)N1CCO[C@@H](C)C1. The second-order valence-electron chi connectivity index (χ2n) is 6.27. The summed E-state index contributed by atoms with van der Waals surface area (Å²) in [6.45, 7) is 6.00. The van der Waals surface area contributed by atoms with E-state index in [-0.39, 0.29) is 18.1 Å². The molecule has 0 spiro atoms. The minimum absolute atomic E-state index is 0.0958. The van der Waals surface area contributed by atoms with Gasteiger partial charge >= 0.3 is 0 Å². The lowest BCUT2D eigenvalue weighted by atomic mass is 10.1. The Kier molecular flexibility index (Phi) is 4.70. The van der Waals surface area contributed by atoms with Crippen LogP contribution in [0.2, 0.25) is 0 Å². The van der Waals surface area contributed by atoms with Crippen molar-refractivity contribution in [2.24, 2.45) is 5.73 Å². The second kappa shape index (κ2) is 6.59. The molecular formula is C16H23N3O3S. The number of rotatable bonds is 4. The van der Waals surface area contributed by atoms with Crippen LogP contribution >= 0.6 is 11.3 Å². The maximum absolute atomic E-state index is 12.6. The van der Waals surface area contributed by atoms with E-state index in [2.05, 4.69) is 10.2 Å². The first-order chi connectivity index (χ1) is 11.0. The number of aryl methyl sites for hydroxylation is 1. The molecule has 1 aliphatic carbocycles. The summed E-state index contributed by atoms with van der Waals surface area (Å²) in [4.78, 5) is 27.7. The van der Waals surface area contributed by atoms with Crippen LogP contribution < -0.4 is 11.1 Å². The number of hydrogen-bond donors (Lipinski definition) is 2. The van der Waals surface area contributed by atoms with Crippen molar-refractivity contribution in [3.63, 3.8) is 0 Å². The van der Waals surface area contributed by atoms with E-state index in [1.807, 2.05) is 13.8 Å². The van der Waals surface area contributed by atoms with E-state index in [4.69, 9.17) is 10.5 Å². The molecule has 3 rings (SSSR count). The van der Waals surface area contributed by atoms with Crippen LogP contribution in [0.5, 0.6) is 0 Å². The van der Waals surface area contributed by atoms with E-state index in [0.29, 0.717) is 17.2 Å². The molecule has 0 saturated carbocycles. The average Bonchev–Trinajstić information content (AvgIpc) is 3.06. The molecule has 1 fully saturated rings. The molecule has 1 saturated heterocycles. The first-order valence-electron chi connectivity index (χ1n) is 8.08. The third-order valence-electron chi connectivity index (χ3n) is 4.60. The number of carbonyl (C=O) groups excluding carboxylic acids is 2. The summed E-state index contributed by atoms with van der Waals surface area (Å²) in [5.74, 6) is -0.547. The number of nitrogens with one attached hydrogen (secondary N) is 1. The fourth-order valence-corrected chi connectivity index (χ4v) is 4.63. The van der Waals surface area contributed by atoms with Crippen LogP contribution in [0.25, 0.3) is 0 Å². The van der Waals surface area contributed by atoms with Crippen molar-refractivity contribution < 1.29 is 14.3 Å². The van der Waals surface area contributed by atoms with Gasteiger partial charge in [-0.3, -0.25) is 14.5 Å². The molecule has 0 radical (unpaired) electrons. The minimum Gasteiger partial charge on any atom is -0.376 e. The van der Waals surface area contributed by atoms with Gasteiger partial charge in [-0.25, -0.2) is 0 Å². The van der Waals surface area contributed by atoms with E-state index < -0.39 is 5.91 Å². The van der Waals surface area contributed by atoms with Gasteiger partial charge < -0.3 is 15.8 Å². The van der Waals surface area contributed by atoms with Crippen molar-refractivity contribution in [1.29, 1.82) is 0 Å². The van der Waals surface area contributed by atoms with E-state index in [1.54, 1.807) is 0 Å². The van der Waals surface area contributed by atoms with E-state index in [1.165, 1.54) is 16.2 Å². The van der Waals surface area contributed by atoms with Crippen LogP contribution in [0.3, 0.4) is 0 Å². The molecule has 126 valence electrons. The highest BCUT2D eigenvalue weighted by Crippen LogP contribution is 2.38. The van der Waals surface area contributed by atoms with Gasteiger partial charge in [-0.15, -0.1) is 11.3 Å². The van der Waals surface area contributed by atoms with Crippen molar-refractivity contribution in [3.05, 3.63) is 16.0 Å². The van der Waals surface area contributed by atoms with Crippen molar-refractivity contribution in [3.8, 4) is 0 Å². The molecule has 1 aromatic heterocycles. The van der Waals surface area contributed by atoms with Gasteiger partial charge in [0.2, 0.25) is 5.91 Å². The zero-order valence-electron chi connectivity index (χ0n) is 13.6. The molecule has 0 unspecified atom stereocenters. The number of nitrogens with two attached hydrogens (primary N) is 1. The Morgan fingerprint density at radius 3 is 2.91 bits per heavy atom. The lowest BCUT2D eigenvalue weighted by molar-refractivity contribution is -0.123. The zero-order chi connectivity index (χ0) is 16.6. The minimum atomic E-state index is -0.452. The number of fused-ring (bicyclic) bond motifs is 1. The van der Waals surface area contributed by atoms with Crippen LogP contribution in [-0.2, 0) is 22.4 Å². The third kappa shape index (κ3) is 3.27. The second-order valence-corrected chi connectivity index (χ2v) is 7.37. The van der Waals surface area contributed by atoms with Crippen molar-refractivity contribution >= 4 is 28.2 Å². The summed E-state index contributed by atoms with van der Waals surface area (Å²) < 4.78 is 5.52. The Labute approximate surface area is 140 Å². The molecule has 23 heavy (non-hydrogen) atoms. The van der Waals surface area contributed by atoms with Crippen LogP contribution in [0.15, 0.2) is 0 Å². The predicted octanol–water partition coefficient (Wildman–Crippen LogP) is 1.38. The van der Waals surface area contributed by atoms with E-state index >= 15 is 0 Å². The maximum Gasteiger partial charge on any atom is 0.251 e. The molecule has 2 aliphatic rings. The fourth-order valence-electron chi connectivity index (χ4n) is 3.33. The Hall–Kier alpha value is -1.44. The van der Waals surface area contributed by atoms with Crippen LogP contribution in [0.4, 0.5) is 5.00 Å². The highest BCUT2D eigenvalue weighted by atomic mass is 32.1. The summed E-state index contributed by atoms with van der Waals surface area (Å²) in [5, 5.41) is 3.54. The highest BCUT2D eigenvalue weighted by Gasteiger charge is 2.30. The monoisotopic (exact) mass is 337 g/mol. The molecule has 0 bridgehead atoms. The molecule has 2 heterocycles. The highest BCUT2D eigenvalue weighted by molar-refractivity contribution is 7.17. The Bertz CT molecular complexity index is 628. The average molecular weight is 337 g/mol. The number of nitrogens with zero attached hydrogens (tertiary/aromatic N) is 1. The van der Waals surface area contributed by atoms with Gasteiger partial charge in [0.15, 0.2) is 0 Å². The largest absolute Gasteiger partial charge is 0.376 e. The summed E-state index contributed by atoms with van der Waals surface area (Å²) >= 11 is 1.49. The Balaban J connectivity index is 1.74. The molecule has 2 amide bonds. The summed E-state index contributed by atoms with van der Waals surface area (Å²) in [7, 11) is 0. The number of amides is 2. The molecule has 6 nitrogen and oxygen atoms in total. The summed E-state index contributed by atoms with van der Waals surface area (Å²) in [5.41, 5.74) is 7.08. The third-order valence-corrected chi connectivity index (χ3v) is 5.81. The first-order valence-corrected chi connectivity index (χ1v) is 8.90. The van der Waals surface area contributed by atoms with Crippen molar-refractivity contribution in [1.82, 2.24) is 4.90 Å². The first kappa shape index (κ1) is 16.4. The van der Waals surface area contributed by atoms with Gasteiger partial charge in [0.1, 0.15) is 5.00 Å². The predicted molar refractivity (Wildman–Crippen MR) is 89.9 cm³/mol. The van der Waals surface area contributed by atoms with Crippen LogP contribution in [-0.4, -0.2) is 48.6 Å². The topological polar surface area (TPSA) is 84.7 Å². The van der Waals surface area contributed by atoms with Crippen LogP contribution in [0, 0.1) is 0 Å². The van der Waals surface area contributed by atoms with Gasteiger partial charge in [0.05, 0.1) is 24.3 Å². The normalized spacial score (nSPS) is 22.6. The van der Waals surface area contributed by atoms with Gasteiger partial charge in [0.25, 0.3) is 5.91 Å². The molecule has 1 aromatic rings.